The lowest BCUT2D eigenvalue weighted by Gasteiger charge is -2.34. The maximum Gasteiger partial charge on any atom is 0.264 e. The molecule has 5 rings (SSSR count). The zero-order valence-corrected chi connectivity index (χ0v) is 27.4. The number of ether oxygens (including phenoxy) is 2. The number of nitrogens with zero attached hydrogens (tertiary/aromatic N) is 2. The van der Waals surface area contributed by atoms with Crippen LogP contribution in [0.5, 0.6) is 11.5 Å². The van der Waals surface area contributed by atoms with E-state index in [1.54, 1.807) is 55.5 Å². The number of carbonyl (C=O) groups is 2. The van der Waals surface area contributed by atoms with Crippen molar-refractivity contribution >= 4 is 50.7 Å². The third-order valence-corrected chi connectivity index (χ3v) is 9.91. The van der Waals surface area contributed by atoms with Gasteiger partial charge in [0.2, 0.25) is 11.8 Å². The highest BCUT2D eigenvalue weighted by atomic mass is 35.5. The summed E-state index contributed by atoms with van der Waals surface area (Å²) in [7, 11) is -4.26. The molecule has 1 aliphatic rings. The van der Waals surface area contributed by atoms with Crippen LogP contribution in [-0.4, -0.2) is 57.5 Å². The molecule has 0 aromatic heterocycles. The van der Waals surface area contributed by atoms with Crippen molar-refractivity contribution in [1.29, 1.82) is 0 Å². The van der Waals surface area contributed by atoms with E-state index in [1.165, 1.54) is 23.1 Å². The fourth-order valence-electron chi connectivity index (χ4n) is 5.12. The van der Waals surface area contributed by atoms with Gasteiger partial charge >= 0.3 is 0 Å². The van der Waals surface area contributed by atoms with Gasteiger partial charge in [-0.25, -0.2) is 8.42 Å². The minimum absolute atomic E-state index is 0.00159. The Kier molecular flexibility index (Phi) is 10.7. The van der Waals surface area contributed by atoms with Gasteiger partial charge in [0.1, 0.15) is 25.8 Å². The molecular formula is C34H33Cl2N3O6S. The van der Waals surface area contributed by atoms with Crippen LogP contribution in [0.1, 0.15) is 18.1 Å². The first-order chi connectivity index (χ1) is 22.2. The number of likely N-dealkylation sites (N-methyl/N-ethyl adjacent to an activating group) is 1. The summed E-state index contributed by atoms with van der Waals surface area (Å²) < 4.78 is 40.7. The SMILES string of the molecule is CCNC(=O)C(Cc1ccccc1)N(Cc1ccc(Cl)c(Cl)c1)C(=O)CN(c1ccc2c(c1)OCCO2)S(=O)(=O)c1ccccc1. The molecule has 4 aromatic rings. The van der Waals surface area contributed by atoms with Gasteiger partial charge in [-0.05, 0) is 54.4 Å². The Morgan fingerprint density at radius 3 is 2.17 bits per heavy atom. The van der Waals surface area contributed by atoms with Crippen LogP contribution < -0.4 is 19.1 Å². The number of sulfonamides is 1. The first kappa shape index (κ1) is 33.1. The molecule has 0 spiro atoms. The van der Waals surface area contributed by atoms with Gasteiger partial charge < -0.3 is 19.7 Å². The summed E-state index contributed by atoms with van der Waals surface area (Å²) in [4.78, 5) is 29.5. The van der Waals surface area contributed by atoms with E-state index in [-0.39, 0.29) is 34.5 Å². The Hall–Kier alpha value is -4.25. The normalized spacial score (nSPS) is 13.0. The van der Waals surface area contributed by atoms with Gasteiger partial charge in [0, 0.05) is 25.6 Å². The van der Waals surface area contributed by atoms with Gasteiger partial charge in [-0.2, -0.15) is 0 Å². The summed E-state index contributed by atoms with van der Waals surface area (Å²) in [6.07, 6.45) is 0.190. The van der Waals surface area contributed by atoms with Crippen LogP contribution in [0.4, 0.5) is 5.69 Å². The van der Waals surface area contributed by atoms with Gasteiger partial charge in [-0.15, -0.1) is 0 Å². The topological polar surface area (TPSA) is 105 Å². The van der Waals surface area contributed by atoms with Gasteiger partial charge in [0.25, 0.3) is 10.0 Å². The molecule has 0 saturated heterocycles. The number of halogens is 2. The van der Waals surface area contributed by atoms with E-state index in [9.17, 15) is 18.0 Å². The van der Waals surface area contributed by atoms with Crippen molar-refractivity contribution in [1.82, 2.24) is 10.2 Å². The van der Waals surface area contributed by atoms with Gasteiger partial charge in [-0.3, -0.25) is 13.9 Å². The molecule has 1 atom stereocenters. The molecule has 0 bridgehead atoms. The molecule has 240 valence electrons. The fourth-order valence-corrected chi connectivity index (χ4v) is 6.86. The average Bonchev–Trinajstić information content (AvgIpc) is 3.07. The van der Waals surface area contributed by atoms with E-state index < -0.39 is 28.5 Å². The summed E-state index contributed by atoms with van der Waals surface area (Å²) in [5.41, 5.74) is 1.64. The van der Waals surface area contributed by atoms with E-state index in [1.807, 2.05) is 30.3 Å². The zero-order valence-electron chi connectivity index (χ0n) is 25.1. The minimum atomic E-state index is -4.26. The third kappa shape index (κ3) is 7.75. The van der Waals surface area contributed by atoms with Crippen molar-refractivity contribution in [2.75, 3.05) is 30.6 Å². The van der Waals surface area contributed by atoms with E-state index >= 15 is 0 Å². The Bertz CT molecular complexity index is 1790. The number of benzene rings is 4. The highest BCUT2D eigenvalue weighted by molar-refractivity contribution is 7.92. The second-order valence-electron chi connectivity index (χ2n) is 10.5. The van der Waals surface area contributed by atoms with Crippen molar-refractivity contribution in [3.63, 3.8) is 0 Å². The van der Waals surface area contributed by atoms with Crippen LogP contribution in [0.3, 0.4) is 0 Å². The standard InChI is InChI=1S/C34H33Cl2N3O6S/c1-2-37-34(41)30(20-24-9-5-3-6-10-24)38(22-25-13-15-28(35)29(36)19-25)33(40)23-39(46(42,43)27-11-7-4-8-12-27)26-14-16-31-32(21-26)45-18-17-44-31/h3-16,19,21,30H,2,17-18,20,22-23H2,1H3,(H,37,41). The molecule has 4 aromatic carbocycles. The van der Waals surface area contributed by atoms with Crippen LogP contribution >= 0.6 is 23.2 Å². The van der Waals surface area contributed by atoms with Crippen LogP contribution in [-0.2, 0) is 32.6 Å². The maximum atomic E-state index is 14.5. The average molecular weight is 683 g/mol. The number of anilines is 1. The molecule has 1 aliphatic heterocycles. The molecule has 0 saturated carbocycles. The first-order valence-corrected chi connectivity index (χ1v) is 16.9. The van der Waals surface area contributed by atoms with Crippen LogP contribution in [0.15, 0.2) is 102 Å². The van der Waals surface area contributed by atoms with Crippen LogP contribution in [0.25, 0.3) is 0 Å². The Labute approximate surface area is 278 Å². The van der Waals surface area contributed by atoms with Crippen molar-refractivity contribution in [3.05, 3.63) is 118 Å². The molecule has 1 heterocycles. The highest BCUT2D eigenvalue weighted by Gasteiger charge is 2.35. The quantitative estimate of drug-likeness (QED) is 0.205. The molecule has 12 heteroatoms. The number of hydrogen-bond acceptors (Lipinski definition) is 6. The predicted octanol–water partition coefficient (Wildman–Crippen LogP) is 5.74. The smallest absolute Gasteiger partial charge is 0.264 e. The van der Waals surface area contributed by atoms with E-state index in [2.05, 4.69) is 5.32 Å². The molecule has 0 fully saturated rings. The lowest BCUT2D eigenvalue weighted by atomic mass is 10.0. The zero-order chi connectivity index (χ0) is 32.7. The predicted molar refractivity (Wildman–Crippen MR) is 178 cm³/mol. The summed E-state index contributed by atoms with van der Waals surface area (Å²) in [6, 6.07) is 25.9. The molecule has 0 radical (unpaired) electrons. The maximum absolute atomic E-state index is 14.5. The van der Waals surface area contributed by atoms with Crippen LogP contribution in [0.2, 0.25) is 10.0 Å². The second kappa shape index (κ2) is 14.9. The minimum Gasteiger partial charge on any atom is -0.486 e. The van der Waals surface area contributed by atoms with Gasteiger partial charge in [-0.1, -0.05) is 77.8 Å². The number of amides is 2. The molecule has 1 unspecified atom stereocenters. The van der Waals surface area contributed by atoms with E-state index in [0.717, 1.165) is 9.87 Å². The summed E-state index contributed by atoms with van der Waals surface area (Å²) in [6.45, 7) is 2.14. The Morgan fingerprint density at radius 2 is 1.50 bits per heavy atom. The lowest BCUT2D eigenvalue weighted by Crippen LogP contribution is -2.53. The third-order valence-electron chi connectivity index (χ3n) is 7.38. The molecule has 0 aliphatic carbocycles. The highest BCUT2D eigenvalue weighted by Crippen LogP contribution is 2.36. The largest absolute Gasteiger partial charge is 0.486 e. The Morgan fingerprint density at radius 1 is 0.826 bits per heavy atom. The van der Waals surface area contributed by atoms with E-state index in [0.29, 0.717) is 41.8 Å². The summed E-state index contributed by atoms with van der Waals surface area (Å²) in [5.74, 6) is -0.149. The molecule has 9 nitrogen and oxygen atoms in total. The molecule has 2 amide bonds. The molecule has 1 N–H and O–H groups in total. The molecular weight excluding hydrogens is 649 g/mol. The first-order valence-electron chi connectivity index (χ1n) is 14.7. The van der Waals surface area contributed by atoms with Crippen molar-refractivity contribution in [2.45, 2.75) is 30.8 Å². The second-order valence-corrected chi connectivity index (χ2v) is 13.2. The van der Waals surface area contributed by atoms with E-state index in [4.69, 9.17) is 32.7 Å². The molecule has 46 heavy (non-hydrogen) atoms. The number of hydrogen-bond donors (Lipinski definition) is 1. The number of nitrogens with one attached hydrogen (secondary N) is 1. The summed E-state index contributed by atoms with van der Waals surface area (Å²) in [5, 5.41) is 3.47. The number of fused-ring (bicyclic) bond motifs is 1. The monoisotopic (exact) mass is 681 g/mol. The number of carbonyl (C=O) groups excluding carboxylic acids is 2. The van der Waals surface area contributed by atoms with Crippen molar-refractivity contribution in [2.24, 2.45) is 0 Å². The van der Waals surface area contributed by atoms with Gasteiger partial charge in [0.15, 0.2) is 11.5 Å². The van der Waals surface area contributed by atoms with Crippen molar-refractivity contribution in [3.8, 4) is 11.5 Å². The number of rotatable bonds is 12. The lowest BCUT2D eigenvalue weighted by molar-refractivity contribution is -0.140. The fraction of sp³-hybridized carbons (Fsp3) is 0.235. The Balaban J connectivity index is 1.59. The van der Waals surface area contributed by atoms with Crippen LogP contribution in [0, 0.1) is 0 Å². The summed E-state index contributed by atoms with van der Waals surface area (Å²) >= 11 is 12.5. The van der Waals surface area contributed by atoms with Gasteiger partial charge in [0.05, 0.1) is 20.6 Å². The van der Waals surface area contributed by atoms with Crippen molar-refractivity contribution < 1.29 is 27.5 Å².